The molecule has 2 rings (SSSR count). The zero-order valence-electron chi connectivity index (χ0n) is 19.2. The maximum atomic E-state index is 12.9. The van der Waals surface area contributed by atoms with Gasteiger partial charge in [0, 0.05) is 0 Å². The number of benzene rings is 2. The van der Waals surface area contributed by atoms with Crippen LogP contribution in [0.2, 0.25) is 0 Å². The van der Waals surface area contributed by atoms with Crippen LogP contribution in [0.1, 0.15) is 59.4 Å². The summed E-state index contributed by atoms with van der Waals surface area (Å²) in [5.41, 5.74) is 0.986. The molecule has 2 atom stereocenters. The highest BCUT2D eigenvalue weighted by molar-refractivity contribution is 5.90. The fourth-order valence-electron chi connectivity index (χ4n) is 3.11. The van der Waals surface area contributed by atoms with Crippen LogP contribution < -0.4 is 10.1 Å². The largest absolute Gasteiger partial charge is 0.497 e. The van der Waals surface area contributed by atoms with Crippen molar-refractivity contribution in [3.05, 3.63) is 42.0 Å². The number of rotatable bonds is 8. The number of amides is 1. The summed E-state index contributed by atoms with van der Waals surface area (Å²) in [5.74, 6) is -0.215. The molecule has 0 radical (unpaired) electrons. The van der Waals surface area contributed by atoms with Crippen LogP contribution >= 0.6 is 0 Å². The Labute approximate surface area is 180 Å². The van der Waals surface area contributed by atoms with Gasteiger partial charge in [0.05, 0.1) is 19.6 Å². The quantitative estimate of drug-likeness (QED) is 0.614. The summed E-state index contributed by atoms with van der Waals surface area (Å²) in [6.07, 6.45) is 0.774. The highest BCUT2D eigenvalue weighted by Gasteiger charge is 2.28. The Balaban J connectivity index is 2.07. The number of ether oxygens (including phenoxy) is 2. The second kappa shape index (κ2) is 9.96. The second-order valence-electron chi connectivity index (χ2n) is 9.40. The summed E-state index contributed by atoms with van der Waals surface area (Å²) < 4.78 is 10.7. The van der Waals surface area contributed by atoms with E-state index in [1.54, 1.807) is 7.11 Å². The molecule has 2 aromatic rings. The highest BCUT2D eigenvalue weighted by atomic mass is 16.5. The standard InChI is InChI=1S/C25H35NO4/c1-16(2)22(24(28)30-13-12-25(4,5)6)26-23(27)17(3)18-8-9-20-15-21(29-7)11-10-19(20)14-18/h8-11,14-17,22H,12-13H2,1-7H3,(H,26,27)/t17-,22?/m0/s1. The fraction of sp³-hybridized carbons (Fsp3) is 0.520. The molecule has 164 valence electrons. The van der Waals surface area contributed by atoms with Crippen molar-refractivity contribution in [2.45, 2.75) is 59.9 Å². The van der Waals surface area contributed by atoms with Crippen molar-refractivity contribution in [2.24, 2.45) is 11.3 Å². The van der Waals surface area contributed by atoms with Gasteiger partial charge in [0.1, 0.15) is 11.8 Å². The third-order valence-electron chi connectivity index (χ3n) is 5.28. The molecule has 30 heavy (non-hydrogen) atoms. The number of carbonyl (C=O) groups is 2. The SMILES string of the molecule is COc1ccc2cc([C@H](C)C(=O)NC(C(=O)OCCC(C)(C)C)C(C)C)ccc2c1. The number of nitrogens with one attached hydrogen (secondary N) is 1. The van der Waals surface area contributed by atoms with Gasteiger partial charge in [-0.1, -0.05) is 58.9 Å². The predicted molar refractivity (Wildman–Crippen MR) is 121 cm³/mol. The number of carbonyl (C=O) groups excluding carboxylic acids is 2. The minimum Gasteiger partial charge on any atom is -0.497 e. The van der Waals surface area contributed by atoms with Crippen LogP contribution in [0.5, 0.6) is 5.75 Å². The molecule has 0 aliphatic rings. The number of esters is 1. The molecule has 0 saturated carbocycles. The van der Waals surface area contributed by atoms with Crippen LogP contribution in [0.25, 0.3) is 10.8 Å². The zero-order chi connectivity index (χ0) is 22.5. The van der Waals surface area contributed by atoms with E-state index in [9.17, 15) is 9.59 Å². The molecule has 0 aliphatic heterocycles. The normalized spacial score (nSPS) is 13.7. The van der Waals surface area contributed by atoms with Gasteiger partial charge in [-0.2, -0.15) is 0 Å². The Hall–Kier alpha value is -2.56. The molecule has 0 aromatic heterocycles. The molecular weight excluding hydrogens is 378 g/mol. The molecule has 5 heteroatoms. The lowest BCUT2D eigenvalue weighted by Gasteiger charge is -2.24. The van der Waals surface area contributed by atoms with Gasteiger partial charge in [0.2, 0.25) is 5.91 Å². The van der Waals surface area contributed by atoms with Gasteiger partial charge >= 0.3 is 5.97 Å². The maximum absolute atomic E-state index is 12.9. The average Bonchev–Trinajstić information content (AvgIpc) is 2.69. The number of fused-ring (bicyclic) bond motifs is 1. The molecule has 1 unspecified atom stereocenters. The Morgan fingerprint density at radius 2 is 1.63 bits per heavy atom. The third-order valence-corrected chi connectivity index (χ3v) is 5.28. The molecule has 5 nitrogen and oxygen atoms in total. The van der Waals surface area contributed by atoms with Crippen LogP contribution in [0.3, 0.4) is 0 Å². The third kappa shape index (κ3) is 6.48. The Morgan fingerprint density at radius 1 is 1.00 bits per heavy atom. The van der Waals surface area contributed by atoms with E-state index < -0.39 is 6.04 Å². The molecule has 0 aliphatic carbocycles. The van der Waals surface area contributed by atoms with E-state index in [1.807, 2.05) is 57.2 Å². The maximum Gasteiger partial charge on any atom is 0.328 e. The van der Waals surface area contributed by atoms with Crippen LogP contribution in [0, 0.1) is 11.3 Å². The van der Waals surface area contributed by atoms with Crippen molar-refractivity contribution in [2.75, 3.05) is 13.7 Å². The number of methoxy groups -OCH3 is 1. The molecular formula is C25H35NO4. The van der Waals surface area contributed by atoms with Crippen LogP contribution in [0.15, 0.2) is 36.4 Å². The first kappa shape index (κ1) is 23.7. The van der Waals surface area contributed by atoms with E-state index in [0.717, 1.165) is 28.5 Å². The van der Waals surface area contributed by atoms with Crippen molar-refractivity contribution >= 4 is 22.6 Å². The molecule has 0 heterocycles. The first-order valence-electron chi connectivity index (χ1n) is 10.6. The summed E-state index contributed by atoms with van der Waals surface area (Å²) in [7, 11) is 1.64. The van der Waals surface area contributed by atoms with Gasteiger partial charge in [-0.25, -0.2) is 4.79 Å². The average molecular weight is 414 g/mol. The smallest absolute Gasteiger partial charge is 0.328 e. The lowest BCUT2D eigenvalue weighted by atomic mass is 9.93. The minimum absolute atomic E-state index is 0.0626. The summed E-state index contributed by atoms with van der Waals surface area (Å²) >= 11 is 0. The lowest BCUT2D eigenvalue weighted by molar-refractivity contribution is -0.149. The molecule has 0 spiro atoms. The van der Waals surface area contributed by atoms with Crippen molar-refractivity contribution in [1.82, 2.24) is 5.32 Å². The molecule has 1 N–H and O–H groups in total. The molecule has 1 amide bonds. The van der Waals surface area contributed by atoms with Gasteiger partial charge in [0.15, 0.2) is 0 Å². The Bertz CT molecular complexity index is 882. The van der Waals surface area contributed by atoms with Gasteiger partial charge in [-0.3, -0.25) is 4.79 Å². The zero-order valence-corrected chi connectivity index (χ0v) is 19.2. The van der Waals surface area contributed by atoms with Crippen LogP contribution in [0.4, 0.5) is 0 Å². The van der Waals surface area contributed by atoms with Crippen molar-refractivity contribution < 1.29 is 19.1 Å². The monoisotopic (exact) mass is 413 g/mol. The summed E-state index contributed by atoms with van der Waals surface area (Å²) in [5, 5.41) is 4.98. The van der Waals surface area contributed by atoms with E-state index in [2.05, 4.69) is 26.1 Å². The Morgan fingerprint density at radius 3 is 2.23 bits per heavy atom. The predicted octanol–water partition coefficient (Wildman–Crippen LogP) is 5.07. The first-order valence-corrected chi connectivity index (χ1v) is 10.6. The van der Waals surface area contributed by atoms with Crippen molar-refractivity contribution in [3.63, 3.8) is 0 Å². The van der Waals surface area contributed by atoms with Crippen molar-refractivity contribution in [3.8, 4) is 5.75 Å². The summed E-state index contributed by atoms with van der Waals surface area (Å²) in [4.78, 5) is 25.4. The first-order chi connectivity index (χ1) is 14.0. The summed E-state index contributed by atoms with van der Waals surface area (Å²) in [6.45, 7) is 12.3. The van der Waals surface area contributed by atoms with E-state index in [-0.39, 0.29) is 29.1 Å². The second-order valence-corrected chi connectivity index (χ2v) is 9.40. The van der Waals surface area contributed by atoms with Crippen LogP contribution in [-0.2, 0) is 14.3 Å². The van der Waals surface area contributed by atoms with E-state index in [1.165, 1.54) is 0 Å². The summed E-state index contributed by atoms with van der Waals surface area (Å²) in [6, 6.07) is 11.1. The van der Waals surface area contributed by atoms with E-state index in [0.29, 0.717) is 6.61 Å². The van der Waals surface area contributed by atoms with Gasteiger partial charge in [-0.05, 0) is 53.1 Å². The minimum atomic E-state index is -0.662. The van der Waals surface area contributed by atoms with Crippen molar-refractivity contribution in [1.29, 1.82) is 0 Å². The highest BCUT2D eigenvalue weighted by Crippen LogP contribution is 2.25. The van der Waals surface area contributed by atoms with Gasteiger partial charge in [0.25, 0.3) is 0 Å². The number of hydrogen-bond acceptors (Lipinski definition) is 4. The fourth-order valence-corrected chi connectivity index (χ4v) is 3.11. The molecule has 0 saturated heterocycles. The topological polar surface area (TPSA) is 64.6 Å². The van der Waals surface area contributed by atoms with Gasteiger partial charge < -0.3 is 14.8 Å². The van der Waals surface area contributed by atoms with E-state index >= 15 is 0 Å². The molecule has 0 fully saturated rings. The Kier molecular flexibility index (Phi) is 7.88. The van der Waals surface area contributed by atoms with Gasteiger partial charge in [-0.15, -0.1) is 0 Å². The molecule has 0 bridgehead atoms. The molecule has 2 aromatic carbocycles. The number of hydrogen-bond donors (Lipinski definition) is 1. The lowest BCUT2D eigenvalue weighted by Crippen LogP contribution is -2.46. The van der Waals surface area contributed by atoms with Crippen LogP contribution in [-0.4, -0.2) is 31.6 Å². The van der Waals surface area contributed by atoms with E-state index in [4.69, 9.17) is 9.47 Å².